The molecule has 1 aromatic rings. The zero-order valence-electron chi connectivity index (χ0n) is 11.3. The van der Waals surface area contributed by atoms with E-state index in [0.717, 1.165) is 41.8 Å². The van der Waals surface area contributed by atoms with E-state index in [1.165, 1.54) is 12.8 Å². The Bertz CT molecular complexity index is 461. The van der Waals surface area contributed by atoms with Crippen LogP contribution in [0.15, 0.2) is 22.7 Å². The van der Waals surface area contributed by atoms with Crippen molar-refractivity contribution in [3.63, 3.8) is 0 Å². The Labute approximate surface area is 123 Å². The molecule has 0 aliphatic carbocycles. The molecule has 1 atom stereocenters. The summed E-state index contributed by atoms with van der Waals surface area (Å²) in [6, 6.07) is 8.74. The Morgan fingerprint density at radius 2 is 2.37 bits per heavy atom. The van der Waals surface area contributed by atoms with Crippen LogP contribution in [0.4, 0.5) is 5.69 Å². The van der Waals surface area contributed by atoms with Gasteiger partial charge in [-0.2, -0.15) is 5.26 Å². The molecule has 0 saturated carbocycles. The Morgan fingerprint density at radius 1 is 1.53 bits per heavy atom. The molecule has 1 aromatic carbocycles. The predicted molar refractivity (Wildman–Crippen MR) is 82.4 cm³/mol. The second kappa shape index (κ2) is 6.93. The van der Waals surface area contributed by atoms with Gasteiger partial charge in [0, 0.05) is 23.6 Å². The molecule has 0 aromatic heterocycles. The van der Waals surface area contributed by atoms with Crippen LogP contribution in [0.25, 0.3) is 0 Å². The highest BCUT2D eigenvalue weighted by molar-refractivity contribution is 9.10. The molecule has 1 heterocycles. The SMILES string of the molecule is CCCN(CC1CCCN1)c1cc(Br)ccc1C#N. The lowest BCUT2D eigenvalue weighted by Crippen LogP contribution is -2.38. The van der Waals surface area contributed by atoms with Gasteiger partial charge in [-0.3, -0.25) is 0 Å². The number of nitrogens with one attached hydrogen (secondary N) is 1. The van der Waals surface area contributed by atoms with Crippen LogP contribution >= 0.6 is 15.9 Å². The molecule has 102 valence electrons. The normalized spacial score (nSPS) is 18.3. The van der Waals surface area contributed by atoms with Crippen LogP contribution in [0, 0.1) is 11.3 Å². The van der Waals surface area contributed by atoms with Gasteiger partial charge in [0.15, 0.2) is 0 Å². The molecule has 1 aliphatic rings. The van der Waals surface area contributed by atoms with Crippen molar-refractivity contribution in [3.05, 3.63) is 28.2 Å². The molecule has 3 nitrogen and oxygen atoms in total. The number of anilines is 1. The monoisotopic (exact) mass is 321 g/mol. The van der Waals surface area contributed by atoms with Gasteiger partial charge in [0.1, 0.15) is 6.07 Å². The highest BCUT2D eigenvalue weighted by Gasteiger charge is 2.19. The van der Waals surface area contributed by atoms with E-state index in [0.29, 0.717) is 6.04 Å². The quantitative estimate of drug-likeness (QED) is 0.904. The van der Waals surface area contributed by atoms with E-state index in [4.69, 9.17) is 0 Å². The van der Waals surface area contributed by atoms with Gasteiger partial charge >= 0.3 is 0 Å². The molecule has 0 bridgehead atoms. The lowest BCUT2D eigenvalue weighted by atomic mass is 10.1. The van der Waals surface area contributed by atoms with Crippen molar-refractivity contribution in [2.75, 3.05) is 24.5 Å². The molecule has 1 unspecified atom stereocenters. The predicted octanol–water partition coefficient (Wildman–Crippen LogP) is 3.29. The third kappa shape index (κ3) is 3.71. The molecule has 4 heteroatoms. The van der Waals surface area contributed by atoms with Crippen molar-refractivity contribution in [1.82, 2.24) is 5.32 Å². The largest absolute Gasteiger partial charge is 0.369 e. The van der Waals surface area contributed by atoms with Crippen LogP contribution in [-0.4, -0.2) is 25.7 Å². The summed E-state index contributed by atoms with van der Waals surface area (Å²) in [6.45, 7) is 5.27. The van der Waals surface area contributed by atoms with Crippen LogP contribution in [0.3, 0.4) is 0 Å². The van der Waals surface area contributed by atoms with Crippen molar-refractivity contribution in [1.29, 1.82) is 5.26 Å². The molecule has 19 heavy (non-hydrogen) atoms. The smallest absolute Gasteiger partial charge is 0.101 e. The zero-order chi connectivity index (χ0) is 13.7. The summed E-state index contributed by atoms with van der Waals surface area (Å²) in [7, 11) is 0. The van der Waals surface area contributed by atoms with Crippen molar-refractivity contribution < 1.29 is 0 Å². The van der Waals surface area contributed by atoms with Gasteiger partial charge in [0.25, 0.3) is 0 Å². The molecule has 1 saturated heterocycles. The first-order chi connectivity index (χ1) is 9.24. The number of nitriles is 1. The maximum Gasteiger partial charge on any atom is 0.101 e. The maximum atomic E-state index is 9.28. The topological polar surface area (TPSA) is 39.1 Å². The van der Waals surface area contributed by atoms with Crippen LogP contribution in [0.2, 0.25) is 0 Å². The molecule has 0 radical (unpaired) electrons. The van der Waals surface area contributed by atoms with E-state index in [9.17, 15) is 5.26 Å². The highest BCUT2D eigenvalue weighted by Crippen LogP contribution is 2.26. The van der Waals surface area contributed by atoms with E-state index in [1.54, 1.807) is 0 Å². The first-order valence-corrected chi connectivity index (χ1v) is 7.72. The summed E-state index contributed by atoms with van der Waals surface area (Å²) in [5.74, 6) is 0. The summed E-state index contributed by atoms with van der Waals surface area (Å²) in [5.41, 5.74) is 1.81. The second-order valence-corrected chi connectivity index (χ2v) is 5.93. The summed E-state index contributed by atoms with van der Waals surface area (Å²) in [6.07, 6.45) is 3.58. The molecule has 1 N–H and O–H groups in total. The van der Waals surface area contributed by atoms with E-state index >= 15 is 0 Å². The molecular formula is C15H20BrN3. The first-order valence-electron chi connectivity index (χ1n) is 6.92. The van der Waals surface area contributed by atoms with E-state index < -0.39 is 0 Å². The fourth-order valence-corrected chi connectivity index (χ4v) is 2.97. The van der Waals surface area contributed by atoms with Crippen molar-refractivity contribution in [3.8, 4) is 6.07 Å². The molecule has 1 aliphatic heterocycles. The molecule has 0 amide bonds. The third-order valence-electron chi connectivity index (χ3n) is 3.52. The fraction of sp³-hybridized carbons (Fsp3) is 0.533. The van der Waals surface area contributed by atoms with E-state index in [2.05, 4.69) is 45.2 Å². The average molecular weight is 322 g/mol. The summed E-state index contributed by atoms with van der Waals surface area (Å²) >= 11 is 3.51. The lowest BCUT2D eigenvalue weighted by molar-refractivity contribution is 0.578. The van der Waals surface area contributed by atoms with Gasteiger partial charge in [0.05, 0.1) is 11.3 Å². The van der Waals surface area contributed by atoms with Crippen LogP contribution < -0.4 is 10.2 Å². The van der Waals surface area contributed by atoms with Crippen LogP contribution in [0.1, 0.15) is 31.7 Å². The second-order valence-electron chi connectivity index (χ2n) is 5.01. The Morgan fingerprint density at radius 3 is 3.00 bits per heavy atom. The number of nitrogens with zero attached hydrogens (tertiary/aromatic N) is 2. The number of rotatable bonds is 5. The van der Waals surface area contributed by atoms with Gasteiger partial charge in [0.2, 0.25) is 0 Å². The number of hydrogen-bond donors (Lipinski definition) is 1. The summed E-state index contributed by atoms with van der Waals surface area (Å²) in [5, 5.41) is 12.8. The maximum absolute atomic E-state index is 9.28. The Hall–Kier alpha value is -1.05. The standard InChI is InChI=1S/C15H20BrN3/c1-2-8-19(11-14-4-3-7-18-14)15-9-13(16)6-5-12(15)10-17/h5-6,9,14,18H,2-4,7-8,11H2,1H3. The minimum absolute atomic E-state index is 0.553. The molecule has 1 fully saturated rings. The minimum Gasteiger partial charge on any atom is -0.369 e. The third-order valence-corrected chi connectivity index (χ3v) is 4.01. The van der Waals surface area contributed by atoms with Crippen LogP contribution in [0.5, 0.6) is 0 Å². The molecular weight excluding hydrogens is 302 g/mol. The summed E-state index contributed by atoms with van der Waals surface area (Å²) < 4.78 is 1.03. The van der Waals surface area contributed by atoms with Crippen molar-refractivity contribution >= 4 is 21.6 Å². The van der Waals surface area contributed by atoms with Gasteiger partial charge in [-0.05, 0) is 44.0 Å². The van der Waals surface area contributed by atoms with Gasteiger partial charge in [-0.1, -0.05) is 22.9 Å². The first kappa shape index (κ1) is 14.4. The number of halogens is 1. The lowest BCUT2D eigenvalue weighted by Gasteiger charge is -2.28. The Balaban J connectivity index is 2.22. The highest BCUT2D eigenvalue weighted by atomic mass is 79.9. The van der Waals surface area contributed by atoms with Crippen molar-refractivity contribution in [2.45, 2.75) is 32.2 Å². The average Bonchev–Trinajstić information content (AvgIpc) is 2.91. The van der Waals surface area contributed by atoms with Crippen LogP contribution in [-0.2, 0) is 0 Å². The molecule has 2 rings (SSSR count). The van der Waals surface area contributed by atoms with Crippen molar-refractivity contribution in [2.24, 2.45) is 0 Å². The number of hydrogen-bond acceptors (Lipinski definition) is 3. The zero-order valence-corrected chi connectivity index (χ0v) is 12.9. The van der Waals surface area contributed by atoms with E-state index in [-0.39, 0.29) is 0 Å². The van der Waals surface area contributed by atoms with Gasteiger partial charge in [-0.15, -0.1) is 0 Å². The molecule has 0 spiro atoms. The van der Waals surface area contributed by atoms with E-state index in [1.807, 2.05) is 12.1 Å². The minimum atomic E-state index is 0.553. The van der Waals surface area contributed by atoms with Gasteiger partial charge < -0.3 is 10.2 Å². The van der Waals surface area contributed by atoms with Gasteiger partial charge in [-0.25, -0.2) is 0 Å². The Kier molecular flexibility index (Phi) is 5.24. The fourth-order valence-electron chi connectivity index (χ4n) is 2.62. The summed E-state index contributed by atoms with van der Waals surface area (Å²) in [4.78, 5) is 2.34. The number of benzene rings is 1.